The number of nitrogens with zero attached hydrogens (tertiary/aromatic N) is 2. The van der Waals surface area contributed by atoms with Crippen LogP contribution in [0.15, 0.2) is 36.5 Å². The number of allylic oxidation sites excluding steroid dienone is 2. The van der Waals surface area contributed by atoms with Crippen LogP contribution in [0.3, 0.4) is 0 Å². The number of para-hydroxylation sites is 1. The van der Waals surface area contributed by atoms with Gasteiger partial charge in [0.25, 0.3) is 5.82 Å². The van der Waals surface area contributed by atoms with Gasteiger partial charge in [0.05, 0.1) is 6.20 Å². The lowest BCUT2D eigenvalue weighted by molar-refractivity contribution is 0.101. The van der Waals surface area contributed by atoms with Gasteiger partial charge in [0.2, 0.25) is 5.82 Å². The number of amides is 1. The molecule has 0 aliphatic heterocycles. The van der Waals surface area contributed by atoms with Gasteiger partial charge < -0.3 is 10.2 Å². The Morgan fingerprint density at radius 1 is 1.23 bits per heavy atom. The minimum absolute atomic E-state index is 0.160. The van der Waals surface area contributed by atoms with Crippen LogP contribution in [0.5, 0.6) is 0 Å². The van der Waals surface area contributed by atoms with Gasteiger partial charge in [-0.25, -0.2) is 4.98 Å². The number of nitrogens with one attached hydrogen (secondary N) is 2. The summed E-state index contributed by atoms with van der Waals surface area (Å²) in [6, 6.07) is 7.93. The van der Waals surface area contributed by atoms with E-state index in [0.717, 1.165) is 24.1 Å². The van der Waals surface area contributed by atoms with Crippen molar-refractivity contribution >= 4 is 23.0 Å². The Morgan fingerprint density at radius 3 is 2.73 bits per heavy atom. The van der Waals surface area contributed by atoms with Crippen LogP contribution in [0.4, 0.5) is 11.5 Å². The Kier molecular flexibility index (Phi) is 4.34. The van der Waals surface area contributed by atoms with Crippen molar-refractivity contribution in [1.29, 1.82) is 0 Å². The number of aromatic nitrogens is 2. The van der Waals surface area contributed by atoms with Crippen molar-refractivity contribution in [2.75, 3.05) is 5.32 Å². The number of imidazole rings is 1. The summed E-state index contributed by atoms with van der Waals surface area (Å²) in [6.45, 7) is 6.97. The fourth-order valence-corrected chi connectivity index (χ4v) is 4.30. The molecule has 2 aliphatic carbocycles. The van der Waals surface area contributed by atoms with E-state index in [9.17, 15) is 4.79 Å². The van der Waals surface area contributed by atoms with E-state index in [4.69, 9.17) is 6.57 Å². The minimum Gasteiger partial charge on any atom is -0.363 e. The zero-order chi connectivity index (χ0) is 18.0. The second kappa shape index (κ2) is 6.80. The van der Waals surface area contributed by atoms with Crippen molar-refractivity contribution in [2.24, 2.45) is 5.41 Å². The summed E-state index contributed by atoms with van der Waals surface area (Å²) >= 11 is 0. The van der Waals surface area contributed by atoms with Gasteiger partial charge in [-0.2, -0.15) is 0 Å². The van der Waals surface area contributed by atoms with Gasteiger partial charge >= 0.3 is 5.91 Å². The van der Waals surface area contributed by atoms with Crippen molar-refractivity contribution < 1.29 is 4.79 Å². The smallest absolute Gasteiger partial charge is 0.314 e. The Balaban J connectivity index is 1.54. The van der Waals surface area contributed by atoms with E-state index >= 15 is 0 Å². The molecule has 5 nitrogen and oxygen atoms in total. The predicted molar refractivity (Wildman–Crippen MR) is 102 cm³/mol. The van der Waals surface area contributed by atoms with E-state index in [1.165, 1.54) is 43.9 Å². The van der Waals surface area contributed by atoms with Crippen LogP contribution >= 0.6 is 0 Å². The maximum absolute atomic E-state index is 12.5. The lowest BCUT2D eigenvalue weighted by Gasteiger charge is -2.33. The number of hydrogen-bond acceptors (Lipinski definition) is 2. The zero-order valence-electron chi connectivity index (χ0n) is 14.7. The van der Waals surface area contributed by atoms with E-state index in [1.807, 2.05) is 18.2 Å². The summed E-state index contributed by atoms with van der Waals surface area (Å²) < 4.78 is 0. The van der Waals surface area contributed by atoms with Crippen LogP contribution in [0.25, 0.3) is 10.4 Å². The highest BCUT2D eigenvalue weighted by molar-refractivity contribution is 6.03. The zero-order valence-corrected chi connectivity index (χ0v) is 14.7. The highest BCUT2D eigenvalue weighted by Gasteiger charge is 2.35. The first-order chi connectivity index (χ1) is 12.7. The van der Waals surface area contributed by atoms with E-state index < -0.39 is 0 Å². The van der Waals surface area contributed by atoms with E-state index in [1.54, 1.807) is 0 Å². The molecule has 26 heavy (non-hydrogen) atoms. The minimum atomic E-state index is -0.323. The highest BCUT2D eigenvalue weighted by Crippen LogP contribution is 2.50. The van der Waals surface area contributed by atoms with Gasteiger partial charge in [0, 0.05) is 11.3 Å². The Bertz CT molecular complexity index is 897. The molecule has 0 radical (unpaired) electrons. The molecule has 1 aromatic heterocycles. The number of H-pyrrole nitrogens is 1. The Morgan fingerprint density at radius 2 is 2.04 bits per heavy atom. The van der Waals surface area contributed by atoms with E-state index in [0.29, 0.717) is 5.41 Å². The summed E-state index contributed by atoms with van der Waals surface area (Å²) in [5.41, 5.74) is 3.74. The molecule has 4 rings (SSSR count). The van der Waals surface area contributed by atoms with Gasteiger partial charge in [-0.15, -0.1) is 0 Å². The number of rotatable bonds is 3. The highest BCUT2D eigenvalue weighted by atomic mass is 16.2. The van der Waals surface area contributed by atoms with Crippen LogP contribution < -0.4 is 5.32 Å². The molecule has 0 unspecified atom stereocenters. The van der Waals surface area contributed by atoms with Crippen LogP contribution in [0.1, 0.15) is 61.1 Å². The van der Waals surface area contributed by atoms with Crippen molar-refractivity contribution in [3.63, 3.8) is 0 Å². The van der Waals surface area contributed by atoms with Crippen molar-refractivity contribution in [3.8, 4) is 0 Å². The molecule has 1 spiro atoms. The number of aromatic amines is 1. The first-order valence-electron chi connectivity index (χ1n) is 9.21. The topological polar surface area (TPSA) is 62.1 Å². The molecule has 0 bridgehead atoms. The van der Waals surface area contributed by atoms with Gasteiger partial charge in [-0.3, -0.25) is 9.78 Å². The van der Waals surface area contributed by atoms with Crippen LogP contribution in [0, 0.1) is 12.0 Å². The summed E-state index contributed by atoms with van der Waals surface area (Å²) in [5, 5.41) is 2.95. The average Bonchev–Trinajstić information content (AvgIpc) is 3.33. The number of anilines is 1. The van der Waals surface area contributed by atoms with Crippen molar-refractivity contribution in [3.05, 3.63) is 59.3 Å². The molecule has 2 aromatic rings. The molecule has 5 heteroatoms. The first-order valence-corrected chi connectivity index (χ1v) is 9.21. The Labute approximate surface area is 153 Å². The molecular weight excluding hydrogens is 324 g/mol. The normalized spacial score (nSPS) is 18.3. The molecule has 0 atom stereocenters. The van der Waals surface area contributed by atoms with Gasteiger partial charge in [-0.1, -0.05) is 43.7 Å². The summed E-state index contributed by atoms with van der Waals surface area (Å²) in [5.74, 6) is 0.102. The second-order valence-electron chi connectivity index (χ2n) is 7.37. The molecular formula is C21H22N4O. The fraction of sp³-hybridized carbons (Fsp3) is 0.381. The molecule has 2 N–H and O–H groups in total. The largest absolute Gasteiger partial charge is 0.363 e. The van der Waals surface area contributed by atoms with E-state index in [-0.39, 0.29) is 17.5 Å². The number of carbonyl (C=O) groups excluding carboxylic acids is 1. The van der Waals surface area contributed by atoms with Gasteiger partial charge in [-0.05, 0) is 49.2 Å². The number of carbonyl (C=O) groups is 1. The van der Waals surface area contributed by atoms with Crippen molar-refractivity contribution in [2.45, 2.75) is 44.9 Å². The number of hydrogen-bond donors (Lipinski definition) is 2. The molecule has 0 saturated heterocycles. The molecule has 1 fully saturated rings. The molecule has 2 aliphatic rings. The quantitative estimate of drug-likeness (QED) is 0.737. The third-order valence-electron chi connectivity index (χ3n) is 5.79. The Hall–Kier alpha value is -2.87. The van der Waals surface area contributed by atoms with E-state index in [2.05, 4.69) is 32.3 Å². The first kappa shape index (κ1) is 16.6. The van der Waals surface area contributed by atoms with Crippen LogP contribution in [-0.2, 0) is 0 Å². The summed E-state index contributed by atoms with van der Waals surface area (Å²) in [6.07, 6.45) is 12.7. The SMILES string of the molecule is [C-]#[N+]c1cnc(C(=O)Nc2ccccc2C2=CCC3(CCCC3)CC2)[nH]1. The maximum Gasteiger partial charge on any atom is 0.314 e. The summed E-state index contributed by atoms with van der Waals surface area (Å²) in [7, 11) is 0. The monoisotopic (exact) mass is 346 g/mol. The lowest BCUT2D eigenvalue weighted by atomic mass is 9.72. The van der Waals surface area contributed by atoms with Crippen molar-refractivity contribution in [1.82, 2.24) is 9.97 Å². The standard InChI is InChI=1S/C21H22N4O/c1-22-18-14-23-19(25-18)20(26)24-17-7-3-2-6-16(17)15-8-12-21(13-9-15)10-4-5-11-21/h2-3,6-8,14H,4-5,9-13H2,(H,23,25)(H,24,26). The molecule has 1 saturated carbocycles. The average molecular weight is 346 g/mol. The van der Waals surface area contributed by atoms with Gasteiger partial charge in [0.15, 0.2) is 0 Å². The summed E-state index contributed by atoms with van der Waals surface area (Å²) in [4.78, 5) is 22.4. The maximum atomic E-state index is 12.5. The molecule has 1 aromatic carbocycles. The van der Waals surface area contributed by atoms with Gasteiger partial charge in [0.1, 0.15) is 0 Å². The van der Waals surface area contributed by atoms with Crippen LogP contribution in [0.2, 0.25) is 0 Å². The number of benzene rings is 1. The lowest BCUT2D eigenvalue weighted by Crippen LogP contribution is -2.19. The molecule has 1 heterocycles. The molecule has 1 amide bonds. The second-order valence-corrected chi connectivity index (χ2v) is 7.37. The predicted octanol–water partition coefficient (Wildman–Crippen LogP) is 5.34. The fourth-order valence-electron chi connectivity index (χ4n) is 4.30. The third-order valence-corrected chi connectivity index (χ3v) is 5.79. The molecule has 132 valence electrons. The third kappa shape index (κ3) is 3.15. The van der Waals surface area contributed by atoms with Crippen LogP contribution in [-0.4, -0.2) is 15.9 Å².